The maximum atomic E-state index is 13.5. The summed E-state index contributed by atoms with van der Waals surface area (Å²) in [6, 6.07) is 0. The second-order valence-electron chi connectivity index (χ2n) is 4.13. The molecule has 150 valence electrons. The van der Waals surface area contributed by atoms with Gasteiger partial charge in [-0.15, -0.1) is 0 Å². The summed E-state index contributed by atoms with van der Waals surface area (Å²) >= 11 is 0. The molecule has 0 heterocycles. The zero-order valence-electron chi connectivity index (χ0n) is 12.1. The standard InChI is InChI=1S/C9F11O4S2.Li/c10-2-1(3(11)5(13)6(14)4(2)12)7(25(21,22)8(15,16)17)26(23,24)9(18,19)20;/q-1;+1. The van der Waals surface area contributed by atoms with Crippen molar-refractivity contribution in [3.63, 3.8) is 0 Å². The normalized spacial score (nSPS) is 13.3. The molecule has 0 saturated carbocycles. The Morgan fingerprint density at radius 2 is 0.778 bits per heavy atom. The molecule has 4 nitrogen and oxygen atoms in total. The molecule has 27 heavy (non-hydrogen) atoms. The fourth-order valence-electron chi connectivity index (χ4n) is 1.41. The van der Waals surface area contributed by atoms with Gasteiger partial charge in [0.05, 0.1) is 16.2 Å². The fourth-order valence-corrected chi connectivity index (χ4v) is 4.45. The van der Waals surface area contributed by atoms with Crippen LogP contribution in [-0.2, 0) is 19.7 Å². The quantitative estimate of drug-likeness (QED) is 0.215. The van der Waals surface area contributed by atoms with E-state index in [-0.39, 0.29) is 18.9 Å². The van der Waals surface area contributed by atoms with Gasteiger partial charge in [-0.3, -0.25) is 8.78 Å². The van der Waals surface area contributed by atoms with E-state index in [1.807, 2.05) is 0 Å². The first-order valence-electron chi connectivity index (χ1n) is 5.31. The summed E-state index contributed by atoms with van der Waals surface area (Å²) in [5, 5.41) is 0. The predicted octanol–water partition coefficient (Wildman–Crippen LogP) is 0.0929. The third kappa shape index (κ3) is 4.00. The molecule has 0 radical (unpaired) electrons. The Morgan fingerprint density at radius 1 is 0.556 bits per heavy atom. The maximum Gasteiger partial charge on any atom is 1.00 e. The Balaban J connectivity index is 0.00000676. The average molecular weight is 452 g/mol. The molecule has 1 aromatic carbocycles. The minimum Gasteiger partial charge on any atom is -0.280 e. The zero-order chi connectivity index (χ0) is 21.0. The van der Waals surface area contributed by atoms with Crippen molar-refractivity contribution < 1.29 is 84.0 Å². The molecule has 0 aliphatic carbocycles. The second-order valence-corrected chi connectivity index (χ2v) is 8.15. The van der Waals surface area contributed by atoms with Gasteiger partial charge < -0.3 is 0 Å². The van der Waals surface area contributed by atoms with Gasteiger partial charge in [0.2, 0.25) is 19.7 Å². The molecule has 0 bridgehead atoms. The number of sulfone groups is 2. The van der Waals surface area contributed by atoms with Crippen molar-refractivity contribution in [1.82, 2.24) is 0 Å². The maximum absolute atomic E-state index is 13.5. The van der Waals surface area contributed by atoms with Gasteiger partial charge in [-0.2, -0.15) is 26.3 Å². The topological polar surface area (TPSA) is 68.3 Å². The van der Waals surface area contributed by atoms with Gasteiger partial charge in [0.1, 0.15) is 11.6 Å². The van der Waals surface area contributed by atoms with Gasteiger partial charge >= 0.3 is 29.9 Å². The molecular formula is C9F11LiO4S2. The summed E-state index contributed by atoms with van der Waals surface area (Å²) in [5.41, 5.74) is -17.2. The average Bonchev–Trinajstić information content (AvgIpc) is 2.44. The minimum atomic E-state index is -7.75. The van der Waals surface area contributed by atoms with Crippen LogP contribution in [0.1, 0.15) is 5.56 Å². The number of rotatable bonds is 3. The van der Waals surface area contributed by atoms with Crippen LogP contribution in [0.2, 0.25) is 0 Å². The van der Waals surface area contributed by atoms with Crippen molar-refractivity contribution >= 4 is 19.7 Å². The van der Waals surface area contributed by atoms with Crippen LogP contribution in [0.25, 0.3) is 0 Å². The van der Waals surface area contributed by atoms with E-state index in [0.29, 0.717) is 0 Å². The third-order valence-electron chi connectivity index (χ3n) is 2.51. The molecule has 0 unspecified atom stereocenters. The molecule has 0 aliphatic rings. The van der Waals surface area contributed by atoms with E-state index in [4.69, 9.17) is 0 Å². The predicted molar refractivity (Wildman–Crippen MR) is 58.5 cm³/mol. The van der Waals surface area contributed by atoms with Crippen molar-refractivity contribution in [1.29, 1.82) is 0 Å². The molecule has 1 rings (SSSR count). The van der Waals surface area contributed by atoms with Crippen LogP contribution in [0.4, 0.5) is 48.3 Å². The van der Waals surface area contributed by atoms with Crippen molar-refractivity contribution in [2.75, 3.05) is 0 Å². The number of halogens is 11. The molecule has 18 heteroatoms. The monoisotopic (exact) mass is 452 g/mol. The van der Waals surface area contributed by atoms with Crippen LogP contribution < -0.4 is 18.9 Å². The summed E-state index contributed by atoms with van der Waals surface area (Å²) in [4.78, 5) is 0. The van der Waals surface area contributed by atoms with E-state index < -0.39 is 69.9 Å². The first kappa shape index (κ1) is 25.8. The van der Waals surface area contributed by atoms with Crippen molar-refractivity contribution in [3.05, 3.63) is 39.2 Å². The van der Waals surface area contributed by atoms with Gasteiger partial charge in [0, 0.05) is 0 Å². The van der Waals surface area contributed by atoms with E-state index >= 15 is 0 Å². The zero-order valence-corrected chi connectivity index (χ0v) is 13.7. The number of hydrogen-bond donors (Lipinski definition) is 0. The Morgan fingerprint density at radius 3 is 1.00 bits per heavy atom. The second kappa shape index (κ2) is 7.33. The molecule has 0 atom stereocenters. The van der Waals surface area contributed by atoms with Crippen LogP contribution in [0, 0.1) is 33.7 Å². The molecule has 0 N–H and O–H groups in total. The summed E-state index contributed by atoms with van der Waals surface area (Å²) in [7, 11) is -15.5. The largest absolute Gasteiger partial charge is 1.00 e. The van der Waals surface area contributed by atoms with Gasteiger partial charge in [-0.1, -0.05) is 5.56 Å². The van der Waals surface area contributed by atoms with Crippen molar-refractivity contribution in [2.45, 2.75) is 11.0 Å². The molecule has 0 aliphatic heterocycles. The molecule has 0 saturated heterocycles. The molecule has 0 fully saturated rings. The Kier molecular flexibility index (Phi) is 7.01. The summed E-state index contributed by atoms with van der Waals surface area (Å²) in [6.07, 6.45) is 0. The number of benzene rings is 1. The Hall–Kier alpha value is -1.18. The Labute approximate surface area is 154 Å². The van der Waals surface area contributed by atoms with E-state index in [2.05, 4.69) is 0 Å². The van der Waals surface area contributed by atoms with E-state index in [1.54, 1.807) is 0 Å². The molecule has 0 spiro atoms. The number of hydrogen-bond acceptors (Lipinski definition) is 4. The van der Waals surface area contributed by atoms with Gasteiger partial charge in [-0.25, -0.2) is 30.0 Å². The number of alkyl halides is 6. The van der Waals surface area contributed by atoms with Crippen LogP contribution in [0.15, 0.2) is 0 Å². The van der Waals surface area contributed by atoms with Crippen LogP contribution in [-0.4, -0.2) is 27.9 Å². The Bertz CT molecular complexity index is 877. The first-order valence-corrected chi connectivity index (χ1v) is 8.28. The van der Waals surface area contributed by atoms with E-state index in [0.717, 1.165) is 0 Å². The van der Waals surface area contributed by atoms with Crippen molar-refractivity contribution in [3.8, 4) is 0 Å². The smallest absolute Gasteiger partial charge is 0.280 e. The first-order chi connectivity index (χ1) is 11.3. The van der Waals surface area contributed by atoms with Crippen LogP contribution in [0.3, 0.4) is 0 Å². The van der Waals surface area contributed by atoms with Gasteiger partial charge in [-0.05, 0) is 0 Å². The summed E-state index contributed by atoms with van der Waals surface area (Å²) in [5.74, 6) is -16.5. The molecule has 0 aromatic heterocycles. The fraction of sp³-hybridized carbons (Fsp3) is 0.222. The SMILES string of the molecule is O=S(=O)([C-](c1c(F)c(F)c(F)c(F)c1F)S(=O)(=O)C(F)(F)F)C(F)(F)F.[Li+]. The van der Waals surface area contributed by atoms with Crippen LogP contribution in [0.5, 0.6) is 0 Å². The summed E-state index contributed by atoms with van der Waals surface area (Å²) < 4.78 is 181. The van der Waals surface area contributed by atoms with Gasteiger partial charge in [0.25, 0.3) is 0 Å². The molecular weight excluding hydrogens is 452 g/mol. The van der Waals surface area contributed by atoms with E-state index in [1.165, 1.54) is 0 Å². The van der Waals surface area contributed by atoms with Crippen molar-refractivity contribution in [2.24, 2.45) is 0 Å². The summed E-state index contributed by atoms with van der Waals surface area (Å²) in [6.45, 7) is 0. The minimum absolute atomic E-state index is 0. The van der Waals surface area contributed by atoms with Crippen LogP contribution >= 0.6 is 0 Å². The molecule has 1 aromatic rings. The third-order valence-corrected chi connectivity index (χ3v) is 6.43. The van der Waals surface area contributed by atoms with E-state index in [9.17, 15) is 65.1 Å². The molecule has 0 amide bonds. The van der Waals surface area contributed by atoms with Gasteiger partial charge in [0.15, 0.2) is 5.82 Å².